The van der Waals surface area contributed by atoms with Crippen molar-refractivity contribution in [2.75, 3.05) is 19.7 Å². The van der Waals surface area contributed by atoms with Crippen molar-refractivity contribution in [2.24, 2.45) is 0 Å². The van der Waals surface area contributed by atoms with Gasteiger partial charge in [0.05, 0.1) is 0 Å². The van der Waals surface area contributed by atoms with Gasteiger partial charge >= 0.3 is 0 Å². The summed E-state index contributed by atoms with van der Waals surface area (Å²) in [7, 11) is 0. The molecule has 0 bridgehead atoms. The molecule has 0 amide bonds. The van der Waals surface area contributed by atoms with E-state index >= 15 is 0 Å². The molecule has 1 aromatic carbocycles. The molecular formula is C19H25NO2S. The predicted octanol–water partition coefficient (Wildman–Crippen LogP) is 3.94. The molecular weight excluding hydrogens is 306 g/mol. The Hall–Kier alpha value is -1.36. The third-order valence-corrected chi connectivity index (χ3v) is 5.46. The van der Waals surface area contributed by atoms with Gasteiger partial charge in [0.2, 0.25) is 0 Å². The van der Waals surface area contributed by atoms with Crippen molar-refractivity contribution in [2.45, 2.75) is 38.8 Å². The molecule has 1 aliphatic rings. The monoisotopic (exact) mass is 331 g/mol. The second-order valence-corrected chi connectivity index (χ2v) is 7.70. The zero-order valence-electron chi connectivity index (χ0n) is 13.9. The number of aliphatic hydroxyl groups excluding tert-OH is 1. The molecule has 4 heteroatoms. The van der Waals surface area contributed by atoms with Crippen LogP contribution in [0, 0.1) is 13.8 Å². The van der Waals surface area contributed by atoms with Crippen molar-refractivity contribution in [1.82, 2.24) is 4.90 Å². The van der Waals surface area contributed by atoms with Crippen molar-refractivity contribution in [1.29, 1.82) is 0 Å². The molecule has 0 spiro atoms. The molecule has 2 heterocycles. The molecule has 3 nitrogen and oxygen atoms in total. The number of β-amino-alcohol motifs (C(OH)–C–C–N with tert-alkyl or cyclic N) is 1. The fourth-order valence-corrected chi connectivity index (χ4v) is 4.20. The van der Waals surface area contributed by atoms with Crippen molar-refractivity contribution in [3.8, 4) is 5.75 Å². The normalized spacial score (nSPS) is 19.9. The lowest BCUT2D eigenvalue weighted by molar-refractivity contribution is 0.0643. The van der Waals surface area contributed by atoms with Crippen LogP contribution in [0.15, 0.2) is 36.4 Å². The van der Waals surface area contributed by atoms with E-state index in [1.54, 1.807) is 0 Å². The van der Waals surface area contributed by atoms with Crippen molar-refractivity contribution < 1.29 is 9.84 Å². The maximum absolute atomic E-state index is 10.3. The van der Waals surface area contributed by atoms with E-state index in [0.717, 1.165) is 12.3 Å². The van der Waals surface area contributed by atoms with E-state index < -0.39 is 6.10 Å². The summed E-state index contributed by atoms with van der Waals surface area (Å²) in [6, 6.07) is 12.8. The van der Waals surface area contributed by atoms with Gasteiger partial charge in [-0.15, -0.1) is 11.3 Å². The average molecular weight is 331 g/mol. The van der Waals surface area contributed by atoms with Gasteiger partial charge in [-0.1, -0.05) is 17.7 Å². The van der Waals surface area contributed by atoms with Crippen molar-refractivity contribution >= 4 is 11.3 Å². The Kier molecular flexibility index (Phi) is 5.36. The summed E-state index contributed by atoms with van der Waals surface area (Å²) in [4.78, 5) is 5.18. The molecule has 1 saturated heterocycles. The topological polar surface area (TPSA) is 32.7 Å². The van der Waals surface area contributed by atoms with Gasteiger partial charge in [-0.25, -0.2) is 0 Å². The molecule has 3 rings (SSSR count). The van der Waals surface area contributed by atoms with Crippen molar-refractivity contribution in [3.63, 3.8) is 0 Å². The number of benzene rings is 1. The number of thiophene rings is 1. The fraction of sp³-hybridized carbons (Fsp3) is 0.474. The number of aliphatic hydroxyl groups is 1. The minimum Gasteiger partial charge on any atom is -0.491 e. The quantitative estimate of drug-likeness (QED) is 0.870. The maximum Gasteiger partial charge on any atom is 0.119 e. The minimum absolute atomic E-state index is 0.343. The van der Waals surface area contributed by atoms with Gasteiger partial charge in [-0.05, 0) is 57.5 Å². The van der Waals surface area contributed by atoms with Crippen LogP contribution < -0.4 is 4.74 Å². The first-order chi connectivity index (χ1) is 11.1. The van der Waals surface area contributed by atoms with Crippen LogP contribution >= 0.6 is 11.3 Å². The Morgan fingerprint density at radius 2 is 2.00 bits per heavy atom. The van der Waals surface area contributed by atoms with Gasteiger partial charge < -0.3 is 9.84 Å². The van der Waals surface area contributed by atoms with E-state index in [0.29, 0.717) is 19.2 Å². The van der Waals surface area contributed by atoms with Gasteiger partial charge in [-0.3, -0.25) is 4.90 Å². The van der Waals surface area contributed by atoms with Crippen LogP contribution in [0.3, 0.4) is 0 Å². The first-order valence-corrected chi connectivity index (χ1v) is 9.11. The number of hydrogen-bond acceptors (Lipinski definition) is 4. The zero-order chi connectivity index (χ0) is 16.2. The molecule has 2 unspecified atom stereocenters. The van der Waals surface area contributed by atoms with Crippen LogP contribution in [0.25, 0.3) is 0 Å². The lowest BCUT2D eigenvalue weighted by Gasteiger charge is -2.26. The van der Waals surface area contributed by atoms with Gasteiger partial charge in [0.25, 0.3) is 0 Å². The third-order valence-electron chi connectivity index (χ3n) is 4.36. The molecule has 2 aromatic rings. The summed E-state index contributed by atoms with van der Waals surface area (Å²) < 4.78 is 5.70. The maximum atomic E-state index is 10.3. The number of aryl methyl sites for hydroxylation is 2. The van der Waals surface area contributed by atoms with E-state index in [1.165, 1.54) is 28.2 Å². The third kappa shape index (κ3) is 4.34. The van der Waals surface area contributed by atoms with Gasteiger partial charge in [-0.2, -0.15) is 0 Å². The van der Waals surface area contributed by atoms with E-state index in [9.17, 15) is 5.11 Å². The van der Waals surface area contributed by atoms with Crippen LogP contribution in [0.2, 0.25) is 0 Å². The summed E-state index contributed by atoms with van der Waals surface area (Å²) in [6.07, 6.45) is 1.93. The zero-order valence-corrected chi connectivity index (χ0v) is 14.7. The van der Waals surface area contributed by atoms with Crippen LogP contribution in [0.5, 0.6) is 5.75 Å². The summed E-state index contributed by atoms with van der Waals surface area (Å²) >= 11 is 1.87. The molecule has 1 N–H and O–H groups in total. The number of ether oxygens (including phenoxy) is 1. The summed E-state index contributed by atoms with van der Waals surface area (Å²) in [6.45, 7) is 6.28. The molecule has 23 heavy (non-hydrogen) atoms. The summed E-state index contributed by atoms with van der Waals surface area (Å²) in [5.41, 5.74) is 1.21. The Balaban J connectivity index is 1.52. The molecule has 0 aliphatic carbocycles. The smallest absolute Gasteiger partial charge is 0.119 e. The van der Waals surface area contributed by atoms with Crippen LogP contribution in [0.1, 0.15) is 34.2 Å². The van der Waals surface area contributed by atoms with Crippen LogP contribution in [-0.4, -0.2) is 35.8 Å². The second kappa shape index (κ2) is 7.47. The Bertz CT molecular complexity index is 623. The Labute approximate surface area is 142 Å². The molecule has 124 valence electrons. The largest absolute Gasteiger partial charge is 0.491 e. The van der Waals surface area contributed by atoms with E-state index in [4.69, 9.17) is 4.74 Å². The van der Waals surface area contributed by atoms with Crippen molar-refractivity contribution in [3.05, 3.63) is 51.7 Å². The van der Waals surface area contributed by atoms with Crippen LogP contribution in [0.4, 0.5) is 0 Å². The molecule has 0 radical (unpaired) electrons. The van der Waals surface area contributed by atoms with Gasteiger partial charge in [0.1, 0.15) is 18.5 Å². The predicted molar refractivity (Wildman–Crippen MR) is 95.3 cm³/mol. The highest BCUT2D eigenvalue weighted by Gasteiger charge is 2.28. The van der Waals surface area contributed by atoms with Gasteiger partial charge in [0, 0.05) is 22.3 Å². The Morgan fingerprint density at radius 3 is 2.70 bits per heavy atom. The van der Waals surface area contributed by atoms with Gasteiger partial charge in [0.15, 0.2) is 0 Å². The Morgan fingerprint density at radius 1 is 1.22 bits per heavy atom. The van der Waals surface area contributed by atoms with E-state index in [-0.39, 0.29) is 0 Å². The first kappa shape index (κ1) is 16.5. The number of hydrogen-bond donors (Lipinski definition) is 1. The molecule has 1 aliphatic heterocycles. The lowest BCUT2D eigenvalue weighted by atomic mass is 10.2. The minimum atomic E-state index is -0.460. The number of rotatable bonds is 6. The summed E-state index contributed by atoms with van der Waals surface area (Å²) in [5.74, 6) is 0.821. The van der Waals surface area contributed by atoms with E-state index in [2.05, 4.69) is 30.9 Å². The highest BCUT2D eigenvalue weighted by atomic mass is 32.1. The standard InChI is InChI=1S/C19H25NO2S/c1-14-5-8-17(9-6-14)22-13-16(21)12-20-11-3-4-18(20)19-10-7-15(2)23-19/h5-10,16,18,21H,3-4,11-13H2,1-2H3. The molecule has 1 fully saturated rings. The van der Waals surface area contributed by atoms with Crippen LogP contribution in [-0.2, 0) is 0 Å². The number of nitrogens with zero attached hydrogens (tertiary/aromatic N) is 1. The SMILES string of the molecule is Cc1ccc(OCC(O)CN2CCCC2c2ccc(C)s2)cc1. The average Bonchev–Trinajstić information content (AvgIpc) is 3.15. The summed E-state index contributed by atoms with van der Waals surface area (Å²) in [5, 5.41) is 10.3. The fourth-order valence-electron chi connectivity index (χ4n) is 3.15. The van der Waals surface area contributed by atoms with E-state index in [1.807, 2.05) is 35.6 Å². The molecule has 0 saturated carbocycles. The lowest BCUT2D eigenvalue weighted by Crippen LogP contribution is -2.35. The first-order valence-electron chi connectivity index (χ1n) is 8.30. The molecule has 1 aromatic heterocycles. The number of likely N-dealkylation sites (tertiary alicyclic amines) is 1. The molecule has 2 atom stereocenters. The highest BCUT2D eigenvalue weighted by Crippen LogP contribution is 2.35. The second-order valence-electron chi connectivity index (χ2n) is 6.38. The highest BCUT2D eigenvalue weighted by molar-refractivity contribution is 7.12.